The Bertz CT molecular complexity index is 152. The fourth-order valence-electron chi connectivity index (χ4n) is 1.13. The first kappa shape index (κ1) is 13.6. The fraction of sp³-hybridized carbons (Fsp3) is 1.00. The summed E-state index contributed by atoms with van der Waals surface area (Å²) >= 11 is 0. The second-order valence-electron chi connectivity index (χ2n) is 5.32. The molecule has 0 amide bonds. The summed E-state index contributed by atoms with van der Waals surface area (Å²) in [5, 5.41) is 0. The Hall–Kier alpha value is 0.571. The van der Waals surface area contributed by atoms with Gasteiger partial charge in [0.05, 0.1) is 0 Å². The molecule has 0 spiro atoms. The highest BCUT2D eigenvalue weighted by atomic mass is 28.5. The quantitative estimate of drug-likeness (QED) is 0.683. The van der Waals surface area contributed by atoms with Crippen molar-refractivity contribution in [2.24, 2.45) is 0 Å². The maximum atomic E-state index is 6.07. The van der Waals surface area contributed by atoms with Crippen molar-refractivity contribution in [2.75, 3.05) is 0 Å². The second kappa shape index (κ2) is 4.88. The van der Waals surface area contributed by atoms with Crippen molar-refractivity contribution in [2.45, 2.75) is 52.1 Å². The molecule has 0 saturated heterocycles. The van der Waals surface area contributed by atoms with Crippen molar-refractivity contribution in [3.8, 4) is 0 Å². The summed E-state index contributed by atoms with van der Waals surface area (Å²) in [5.41, 5.74) is 0.733. The number of rotatable bonds is 5. The molecule has 0 unspecified atom stereocenters. The minimum Gasteiger partial charge on any atom is -0.442 e. The van der Waals surface area contributed by atoms with Crippen LogP contribution in [0.5, 0.6) is 0 Å². The monoisotopic (exact) mass is 236 g/mol. The maximum absolute atomic E-state index is 6.07. The van der Waals surface area contributed by atoms with Gasteiger partial charge in [-0.3, -0.25) is 0 Å². The molecule has 80 valence electrons. The van der Waals surface area contributed by atoms with E-state index in [2.05, 4.69) is 46.6 Å². The lowest BCUT2D eigenvalue weighted by atomic mass is 10.6. The van der Waals surface area contributed by atoms with Crippen LogP contribution in [0, 0.1) is 0 Å². The molecule has 0 bridgehead atoms. The van der Waals surface area contributed by atoms with E-state index in [1.807, 2.05) is 0 Å². The summed E-state index contributed by atoms with van der Waals surface area (Å²) in [6.07, 6.45) is 0. The van der Waals surface area contributed by atoms with Crippen molar-refractivity contribution in [1.82, 2.24) is 0 Å². The molecule has 0 aliphatic heterocycles. The first-order chi connectivity index (χ1) is 5.62. The highest BCUT2D eigenvalue weighted by molar-refractivity contribution is 6.82. The van der Waals surface area contributed by atoms with E-state index in [1.54, 1.807) is 0 Å². The Labute approximate surface area is 87.4 Å². The molecule has 0 N–H and O–H groups in total. The zero-order chi connectivity index (χ0) is 10.7. The van der Waals surface area contributed by atoms with Gasteiger partial charge in [-0.2, -0.15) is 0 Å². The van der Waals surface area contributed by atoms with Crippen LogP contribution in [-0.4, -0.2) is 26.6 Å². The van der Waals surface area contributed by atoms with Gasteiger partial charge in [0.1, 0.15) is 0 Å². The standard InChI is InChI=1S/C8H24O2Si3/c1-8(2)11-9-13(6,7)10-12(3,4)5/h8H,11H2,1-7H3. The summed E-state index contributed by atoms with van der Waals surface area (Å²) in [6.45, 7) is 15.5. The lowest BCUT2D eigenvalue weighted by molar-refractivity contribution is 0.407. The topological polar surface area (TPSA) is 18.5 Å². The molecule has 0 rings (SSSR count). The SMILES string of the molecule is CC(C)[SiH2]O[Si](C)(C)O[Si](C)(C)C. The highest BCUT2D eigenvalue weighted by Crippen LogP contribution is 2.16. The summed E-state index contributed by atoms with van der Waals surface area (Å²) in [6, 6.07) is 0. The third-order valence-electron chi connectivity index (χ3n) is 1.32. The van der Waals surface area contributed by atoms with E-state index in [4.69, 9.17) is 8.23 Å². The Morgan fingerprint density at radius 1 is 1.00 bits per heavy atom. The van der Waals surface area contributed by atoms with Crippen molar-refractivity contribution in [3.05, 3.63) is 0 Å². The lowest BCUT2D eigenvalue weighted by Gasteiger charge is -2.31. The largest absolute Gasteiger partial charge is 0.442 e. The van der Waals surface area contributed by atoms with Crippen LogP contribution in [0.4, 0.5) is 0 Å². The van der Waals surface area contributed by atoms with E-state index in [0.29, 0.717) is 0 Å². The van der Waals surface area contributed by atoms with Crippen molar-refractivity contribution >= 4 is 26.6 Å². The normalized spacial score (nSPS) is 14.8. The summed E-state index contributed by atoms with van der Waals surface area (Å²) in [4.78, 5) is 0. The van der Waals surface area contributed by atoms with Crippen LogP contribution in [0.2, 0.25) is 38.3 Å². The van der Waals surface area contributed by atoms with Crippen molar-refractivity contribution in [3.63, 3.8) is 0 Å². The minimum atomic E-state index is -1.78. The summed E-state index contributed by atoms with van der Waals surface area (Å²) in [5.74, 6) is 0. The van der Waals surface area contributed by atoms with Crippen LogP contribution in [0.3, 0.4) is 0 Å². The van der Waals surface area contributed by atoms with E-state index in [0.717, 1.165) is 5.54 Å². The molecule has 0 saturated carbocycles. The maximum Gasteiger partial charge on any atom is 0.310 e. The predicted molar refractivity (Wildman–Crippen MR) is 66.6 cm³/mol. The molecule has 0 aromatic rings. The van der Waals surface area contributed by atoms with Gasteiger partial charge in [0, 0.05) is 0 Å². The molecule has 0 heterocycles. The van der Waals surface area contributed by atoms with Crippen LogP contribution >= 0.6 is 0 Å². The molecule has 0 aliphatic carbocycles. The zero-order valence-electron chi connectivity index (χ0n) is 10.1. The van der Waals surface area contributed by atoms with E-state index in [1.165, 1.54) is 0 Å². The minimum absolute atomic E-state index is 0.368. The van der Waals surface area contributed by atoms with Crippen LogP contribution in [0.25, 0.3) is 0 Å². The first-order valence-electron chi connectivity index (χ1n) is 4.96. The van der Waals surface area contributed by atoms with E-state index >= 15 is 0 Å². The number of hydrogen-bond donors (Lipinski definition) is 0. The number of hydrogen-bond acceptors (Lipinski definition) is 2. The Morgan fingerprint density at radius 3 is 1.77 bits per heavy atom. The van der Waals surface area contributed by atoms with Crippen LogP contribution in [0.1, 0.15) is 13.8 Å². The van der Waals surface area contributed by atoms with Crippen LogP contribution in [-0.2, 0) is 8.23 Å². The molecule has 0 aliphatic rings. The van der Waals surface area contributed by atoms with Gasteiger partial charge in [0.15, 0.2) is 18.1 Å². The average Bonchev–Trinajstić information content (AvgIpc) is 1.78. The van der Waals surface area contributed by atoms with Crippen molar-refractivity contribution < 1.29 is 8.23 Å². The summed E-state index contributed by atoms with van der Waals surface area (Å²) in [7, 11) is -3.55. The Balaban J connectivity index is 3.94. The average molecular weight is 237 g/mol. The Morgan fingerprint density at radius 2 is 1.46 bits per heavy atom. The van der Waals surface area contributed by atoms with Crippen LogP contribution in [0.15, 0.2) is 0 Å². The van der Waals surface area contributed by atoms with Crippen LogP contribution < -0.4 is 0 Å². The van der Waals surface area contributed by atoms with Gasteiger partial charge in [-0.25, -0.2) is 0 Å². The predicted octanol–water partition coefficient (Wildman–Crippen LogP) is 2.47. The smallest absolute Gasteiger partial charge is 0.310 e. The van der Waals surface area contributed by atoms with E-state index < -0.39 is 16.9 Å². The van der Waals surface area contributed by atoms with Gasteiger partial charge < -0.3 is 8.23 Å². The van der Waals surface area contributed by atoms with Gasteiger partial charge in [-0.15, -0.1) is 0 Å². The fourth-order valence-corrected chi connectivity index (χ4v) is 10.7. The van der Waals surface area contributed by atoms with Gasteiger partial charge in [0.2, 0.25) is 0 Å². The Kier molecular flexibility index (Phi) is 5.09. The third-order valence-corrected chi connectivity index (χ3v) is 9.85. The second-order valence-corrected chi connectivity index (χ2v) is 16.3. The molecular formula is C8H24O2Si3. The molecule has 0 fully saturated rings. The summed E-state index contributed by atoms with van der Waals surface area (Å²) < 4.78 is 12.0. The zero-order valence-corrected chi connectivity index (χ0v) is 13.5. The lowest BCUT2D eigenvalue weighted by Crippen LogP contribution is -2.45. The molecule has 13 heavy (non-hydrogen) atoms. The highest BCUT2D eigenvalue weighted by Gasteiger charge is 2.31. The van der Waals surface area contributed by atoms with Gasteiger partial charge in [0.25, 0.3) is 0 Å². The molecule has 2 nitrogen and oxygen atoms in total. The molecule has 0 aromatic heterocycles. The van der Waals surface area contributed by atoms with E-state index in [-0.39, 0.29) is 9.76 Å². The molecule has 0 aromatic carbocycles. The van der Waals surface area contributed by atoms with Gasteiger partial charge in [-0.1, -0.05) is 13.8 Å². The van der Waals surface area contributed by atoms with Crippen molar-refractivity contribution in [1.29, 1.82) is 0 Å². The van der Waals surface area contributed by atoms with Gasteiger partial charge >= 0.3 is 8.56 Å². The van der Waals surface area contributed by atoms with E-state index in [9.17, 15) is 0 Å². The first-order valence-corrected chi connectivity index (χ1v) is 12.6. The van der Waals surface area contributed by atoms with Gasteiger partial charge in [-0.05, 0) is 38.3 Å². The molecule has 5 heteroatoms. The molecule has 0 radical (unpaired) electrons. The molecule has 0 atom stereocenters. The molecular weight excluding hydrogens is 212 g/mol. The third kappa shape index (κ3) is 8.89.